The molecule has 0 unspecified atom stereocenters. The third-order valence-electron chi connectivity index (χ3n) is 2.39. The standard InChI is InChI=1S/C13H13ClN2/c1-10-5-4-7-12(14)13(10)16-9-11-6-2-3-8-15-11/h2-8,16H,9H2,1H3. The number of hydrogen-bond acceptors (Lipinski definition) is 2. The quantitative estimate of drug-likeness (QED) is 0.874. The Hall–Kier alpha value is -1.54. The lowest BCUT2D eigenvalue weighted by Crippen LogP contribution is -2.02. The molecule has 82 valence electrons. The Bertz CT molecular complexity index is 448. The third-order valence-corrected chi connectivity index (χ3v) is 2.71. The number of nitrogens with one attached hydrogen (secondary N) is 1. The highest BCUT2D eigenvalue weighted by molar-refractivity contribution is 6.33. The second-order valence-corrected chi connectivity index (χ2v) is 4.01. The van der Waals surface area contributed by atoms with E-state index in [0.29, 0.717) is 6.54 Å². The van der Waals surface area contributed by atoms with Crippen LogP contribution in [-0.4, -0.2) is 4.98 Å². The number of aryl methyl sites for hydroxylation is 1. The fraction of sp³-hybridized carbons (Fsp3) is 0.154. The van der Waals surface area contributed by atoms with Crippen molar-refractivity contribution in [1.29, 1.82) is 0 Å². The molecule has 3 heteroatoms. The van der Waals surface area contributed by atoms with Crippen LogP contribution in [0.15, 0.2) is 42.6 Å². The highest BCUT2D eigenvalue weighted by Crippen LogP contribution is 2.25. The van der Waals surface area contributed by atoms with Gasteiger partial charge >= 0.3 is 0 Å². The van der Waals surface area contributed by atoms with Crippen molar-refractivity contribution < 1.29 is 0 Å². The van der Waals surface area contributed by atoms with Gasteiger partial charge in [-0.1, -0.05) is 29.8 Å². The molecule has 0 aliphatic carbocycles. The molecule has 1 aromatic carbocycles. The Balaban J connectivity index is 2.11. The Kier molecular flexibility index (Phi) is 3.42. The van der Waals surface area contributed by atoms with E-state index < -0.39 is 0 Å². The molecule has 2 nitrogen and oxygen atoms in total. The third kappa shape index (κ3) is 2.52. The van der Waals surface area contributed by atoms with E-state index in [1.54, 1.807) is 6.20 Å². The minimum Gasteiger partial charge on any atom is -0.378 e. The van der Waals surface area contributed by atoms with E-state index in [4.69, 9.17) is 11.6 Å². The molecule has 0 aliphatic rings. The van der Waals surface area contributed by atoms with E-state index in [9.17, 15) is 0 Å². The molecule has 0 atom stereocenters. The molecule has 1 aromatic heterocycles. The first-order chi connectivity index (χ1) is 7.77. The molecule has 2 rings (SSSR count). The average molecular weight is 233 g/mol. The molecule has 0 saturated heterocycles. The van der Waals surface area contributed by atoms with Crippen LogP contribution in [0.5, 0.6) is 0 Å². The summed E-state index contributed by atoms with van der Waals surface area (Å²) in [6.07, 6.45) is 1.79. The molecule has 0 saturated carbocycles. The molecule has 0 spiro atoms. The van der Waals surface area contributed by atoms with E-state index in [1.807, 2.05) is 43.3 Å². The highest BCUT2D eigenvalue weighted by Gasteiger charge is 2.02. The molecule has 0 fully saturated rings. The molecule has 0 amide bonds. The second-order valence-electron chi connectivity index (χ2n) is 3.61. The molecular weight excluding hydrogens is 220 g/mol. The number of anilines is 1. The highest BCUT2D eigenvalue weighted by atomic mass is 35.5. The van der Waals surface area contributed by atoms with E-state index in [1.165, 1.54) is 0 Å². The molecule has 0 radical (unpaired) electrons. The number of aromatic nitrogens is 1. The zero-order chi connectivity index (χ0) is 11.4. The number of pyridine rings is 1. The molecule has 1 N–H and O–H groups in total. The topological polar surface area (TPSA) is 24.9 Å². The Morgan fingerprint density at radius 1 is 1.19 bits per heavy atom. The summed E-state index contributed by atoms with van der Waals surface area (Å²) < 4.78 is 0. The van der Waals surface area contributed by atoms with E-state index in [0.717, 1.165) is 22.0 Å². The maximum Gasteiger partial charge on any atom is 0.0640 e. The molecule has 2 aromatic rings. The van der Waals surface area contributed by atoms with Gasteiger partial charge in [-0.3, -0.25) is 4.98 Å². The van der Waals surface area contributed by atoms with Gasteiger partial charge in [0.15, 0.2) is 0 Å². The first kappa shape index (κ1) is 11.0. The smallest absolute Gasteiger partial charge is 0.0640 e. The van der Waals surface area contributed by atoms with E-state index >= 15 is 0 Å². The van der Waals surface area contributed by atoms with Gasteiger partial charge in [0.05, 0.1) is 22.9 Å². The van der Waals surface area contributed by atoms with Crippen LogP contribution >= 0.6 is 11.6 Å². The van der Waals surface area contributed by atoms with Gasteiger partial charge in [0.2, 0.25) is 0 Å². The van der Waals surface area contributed by atoms with Crippen LogP contribution in [0.3, 0.4) is 0 Å². The lowest BCUT2D eigenvalue weighted by molar-refractivity contribution is 1.04. The van der Waals surface area contributed by atoms with Crippen molar-refractivity contribution in [2.75, 3.05) is 5.32 Å². The van der Waals surface area contributed by atoms with Gasteiger partial charge in [-0.05, 0) is 30.7 Å². The van der Waals surface area contributed by atoms with Gasteiger partial charge < -0.3 is 5.32 Å². The van der Waals surface area contributed by atoms with Crippen molar-refractivity contribution in [2.45, 2.75) is 13.5 Å². The Morgan fingerprint density at radius 2 is 2.06 bits per heavy atom. The number of hydrogen-bond donors (Lipinski definition) is 1. The van der Waals surface area contributed by atoms with Crippen LogP contribution < -0.4 is 5.32 Å². The van der Waals surface area contributed by atoms with Crippen LogP contribution in [0.25, 0.3) is 0 Å². The SMILES string of the molecule is Cc1cccc(Cl)c1NCc1ccccn1. The molecule has 0 bridgehead atoms. The summed E-state index contributed by atoms with van der Waals surface area (Å²) in [6.45, 7) is 2.72. The van der Waals surface area contributed by atoms with Crippen molar-refractivity contribution in [3.8, 4) is 0 Å². The van der Waals surface area contributed by atoms with Gasteiger partial charge in [-0.2, -0.15) is 0 Å². The minimum atomic E-state index is 0.686. The van der Waals surface area contributed by atoms with Gasteiger partial charge in [0.1, 0.15) is 0 Å². The lowest BCUT2D eigenvalue weighted by Gasteiger charge is -2.10. The maximum atomic E-state index is 6.11. The summed E-state index contributed by atoms with van der Waals surface area (Å²) in [5.74, 6) is 0. The van der Waals surface area contributed by atoms with Crippen LogP contribution in [0, 0.1) is 6.92 Å². The summed E-state index contributed by atoms with van der Waals surface area (Å²) in [5.41, 5.74) is 3.13. The predicted molar refractivity (Wildman–Crippen MR) is 67.8 cm³/mol. The first-order valence-electron chi connectivity index (χ1n) is 5.16. The molecule has 0 aliphatic heterocycles. The van der Waals surface area contributed by atoms with Crippen LogP contribution in [0.2, 0.25) is 5.02 Å². The number of halogens is 1. The molecular formula is C13H13ClN2. The molecule has 16 heavy (non-hydrogen) atoms. The summed E-state index contributed by atoms with van der Waals surface area (Å²) in [7, 11) is 0. The van der Waals surface area contributed by atoms with Crippen molar-refractivity contribution in [3.05, 3.63) is 58.9 Å². The summed E-state index contributed by atoms with van der Waals surface area (Å²) in [6, 6.07) is 11.7. The lowest BCUT2D eigenvalue weighted by atomic mass is 10.2. The van der Waals surface area contributed by atoms with E-state index in [2.05, 4.69) is 10.3 Å². The Labute approximate surface area is 100 Å². The van der Waals surface area contributed by atoms with E-state index in [-0.39, 0.29) is 0 Å². The van der Waals surface area contributed by atoms with Crippen molar-refractivity contribution in [1.82, 2.24) is 4.98 Å². The fourth-order valence-corrected chi connectivity index (χ4v) is 1.83. The number of rotatable bonds is 3. The second kappa shape index (κ2) is 4.99. The first-order valence-corrected chi connectivity index (χ1v) is 5.54. The Morgan fingerprint density at radius 3 is 2.75 bits per heavy atom. The van der Waals surface area contributed by atoms with Crippen molar-refractivity contribution in [3.63, 3.8) is 0 Å². The van der Waals surface area contributed by atoms with Crippen LogP contribution in [-0.2, 0) is 6.54 Å². The van der Waals surface area contributed by atoms with Gasteiger partial charge in [-0.25, -0.2) is 0 Å². The van der Waals surface area contributed by atoms with Crippen LogP contribution in [0.1, 0.15) is 11.3 Å². The number of benzene rings is 1. The van der Waals surface area contributed by atoms with Gasteiger partial charge in [0, 0.05) is 6.20 Å². The van der Waals surface area contributed by atoms with Crippen molar-refractivity contribution in [2.24, 2.45) is 0 Å². The fourth-order valence-electron chi connectivity index (χ4n) is 1.54. The van der Waals surface area contributed by atoms with Gasteiger partial charge in [0.25, 0.3) is 0 Å². The molecule has 1 heterocycles. The maximum absolute atomic E-state index is 6.11. The average Bonchev–Trinajstić information content (AvgIpc) is 2.30. The van der Waals surface area contributed by atoms with Crippen molar-refractivity contribution >= 4 is 17.3 Å². The van der Waals surface area contributed by atoms with Gasteiger partial charge in [-0.15, -0.1) is 0 Å². The summed E-state index contributed by atoms with van der Waals surface area (Å²) >= 11 is 6.11. The summed E-state index contributed by atoms with van der Waals surface area (Å²) in [4.78, 5) is 4.25. The summed E-state index contributed by atoms with van der Waals surface area (Å²) in [5, 5.41) is 4.05. The zero-order valence-corrected chi connectivity index (χ0v) is 9.83. The zero-order valence-electron chi connectivity index (χ0n) is 9.07. The van der Waals surface area contributed by atoms with Crippen LogP contribution in [0.4, 0.5) is 5.69 Å². The number of nitrogens with zero attached hydrogens (tertiary/aromatic N) is 1. The monoisotopic (exact) mass is 232 g/mol. The normalized spacial score (nSPS) is 10.1. The number of para-hydroxylation sites is 1. The predicted octanol–water partition coefficient (Wildman–Crippen LogP) is 3.66. The minimum absolute atomic E-state index is 0.686. The largest absolute Gasteiger partial charge is 0.378 e.